The first-order valence-electron chi connectivity index (χ1n) is 14.8. The van der Waals surface area contributed by atoms with Gasteiger partial charge < -0.3 is 9.30 Å². The summed E-state index contributed by atoms with van der Waals surface area (Å²) in [5.41, 5.74) is 5.50. The van der Waals surface area contributed by atoms with Gasteiger partial charge in [-0.15, -0.1) is 11.3 Å². The molecule has 0 radical (unpaired) electrons. The molecule has 8 nitrogen and oxygen atoms in total. The Labute approximate surface area is 260 Å². The molecule has 2 aromatic heterocycles. The summed E-state index contributed by atoms with van der Waals surface area (Å²) in [5.74, 6) is -1.73. The fourth-order valence-corrected chi connectivity index (χ4v) is 7.47. The molecular weight excluding hydrogens is 574 g/mol. The summed E-state index contributed by atoms with van der Waals surface area (Å²) in [6, 6.07) is 16.8. The number of rotatable bonds is 6. The molecule has 224 valence electrons. The minimum absolute atomic E-state index is 0.134. The molecule has 1 aliphatic heterocycles. The lowest BCUT2D eigenvalue weighted by Crippen LogP contribution is -2.57. The van der Waals surface area contributed by atoms with Crippen LogP contribution in [-0.4, -0.2) is 35.0 Å². The van der Waals surface area contributed by atoms with Gasteiger partial charge in [0.25, 0.3) is 11.8 Å². The second kappa shape index (κ2) is 11.7. The molecule has 9 heteroatoms. The topological polar surface area (TPSA) is 88.9 Å². The smallest absolute Gasteiger partial charge is 0.343 e. The number of para-hydroxylation sites is 1. The molecule has 0 N–H and O–H groups in total. The third-order valence-corrected chi connectivity index (χ3v) is 9.44. The van der Waals surface area contributed by atoms with Crippen LogP contribution < -0.4 is 9.80 Å². The van der Waals surface area contributed by atoms with Gasteiger partial charge in [0.1, 0.15) is 10.6 Å². The van der Waals surface area contributed by atoms with Crippen molar-refractivity contribution >= 4 is 52.6 Å². The van der Waals surface area contributed by atoms with Gasteiger partial charge in [-0.05, 0) is 101 Å². The van der Waals surface area contributed by atoms with Crippen LogP contribution in [0.4, 0.5) is 16.2 Å². The first-order valence-corrected chi connectivity index (χ1v) is 15.6. The van der Waals surface area contributed by atoms with Crippen LogP contribution in [-0.2, 0) is 27.2 Å². The lowest BCUT2D eigenvalue weighted by molar-refractivity contribution is -0.121. The zero-order valence-electron chi connectivity index (χ0n) is 25.2. The number of imide groups is 2. The van der Waals surface area contributed by atoms with Gasteiger partial charge in [-0.2, -0.15) is 0 Å². The summed E-state index contributed by atoms with van der Waals surface area (Å²) < 4.78 is 7.50. The van der Waals surface area contributed by atoms with E-state index in [0.717, 1.165) is 63.0 Å². The van der Waals surface area contributed by atoms with E-state index in [0.29, 0.717) is 22.5 Å². The third-order valence-electron chi connectivity index (χ3n) is 8.16. The molecular formula is C35H33N3O5S. The Morgan fingerprint density at radius 3 is 2.18 bits per heavy atom. The van der Waals surface area contributed by atoms with Crippen LogP contribution in [0.2, 0.25) is 0 Å². The number of esters is 1. The average molecular weight is 608 g/mol. The Kier molecular flexibility index (Phi) is 7.82. The zero-order valence-corrected chi connectivity index (χ0v) is 26.0. The number of carbonyl (C=O) groups excluding carboxylic acids is 4. The predicted octanol–water partition coefficient (Wildman–Crippen LogP) is 7.10. The number of aryl methyl sites for hydroxylation is 3. The molecule has 3 heterocycles. The minimum atomic E-state index is -0.735. The highest BCUT2D eigenvalue weighted by Crippen LogP contribution is 2.40. The molecule has 0 saturated carbocycles. The number of aromatic nitrogens is 1. The lowest BCUT2D eigenvalue weighted by atomic mass is 9.95. The van der Waals surface area contributed by atoms with E-state index in [-0.39, 0.29) is 18.1 Å². The number of ether oxygens (including phenoxy) is 1. The standard InChI is InChI=1S/C35H33N3O5S/c1-5-43-34(41)30-27-13-9-10-14-29(27)44-33(30)36-22(3)19-24(23(36)4)20-28-31(39)37(25-11-7-6-8-12-25)35(42)38(32(28)40)26-17-15-21(2)16-18-26/h6-8,11-12,15-20H,5,9-10,13-14H2,1-4H3/b28-20+. The van der Waals surface area contributed by atoms with Crippen molar-refractivity contribution < 1.29 is 23.9 Å². The van der Waals surface area contributed by atoms with Gasteiger partial charge in [0.2, 0.25) is 0 Å². The molecule has 0 bridgehead atoms. The highest BCUT2D eigenvalue weighted by molar-refractivity contribution is 7.15. The monoisotopic (exact) mass is 607 g/mol. The summed E-state index contributed by atoms with van der Waals surface area (Å²) in [4.78, 5) is 58.1. The highest BCUT2D eigenvalue weighted by atomic mass is 32.1. The highest BCUT2D eigenvalue weighted by Gasteiger charge is 2.44. The van der Waals surface area contributed by atoms with Crippen molar-refractivity contribution in [2.75, 3.05) is 16.4 Å². The molecule has 1 fully saturated rings. The first kappa shape index (κ1) is 29.3. The van der Waals surface area contributed by atoms with Crippen LogP contribution in [0.3, 0.4) is 0 Å². The number of anilines is 2. The van der Waals surface area contributed by atoms with Crippen molar-refractivity contribution in [3.8, 4) is 5.00 Å². The molecule has 4 amide bonds. The number of benzene rings is 2. The molecule has 2 aliphatic rings. The maximum atomic E-state index is 14.0. The van der Waals surface area contributed by atoms with Gasteiger partial charge in [-0.25, -0.2) is 19.4 Å². The fourth-order valence-electron chi connectivity index (χ4n) is 5.98. The van der Waals surface area contributed by atoms with Crippen LogP contribution in [0.5, 0.6) is 0 Å². The van der Waals surface area contributed by atoms with Crippen LogP contribution in [0.25, 0.3) is 11.1 Å². The number of hydrogen-bond donors (Lipinski definition) is 0. The first-order chi connectivity index (χ1) is 21.2. The van der Waals surface area contributed by atoms with Crippen LogP contribution in [0, 0.1) is 20.8 Å². The Balaban J connectivity index is 1.49. The number of thiophene rings is 1. The van der Waals surface area contributed by atoms with Gasteiger partial charge in [0.05, 0.1) is 23.5 Å². The molecule has 0 spiro atoms. The van der Waals surface area contributed by atoms with E-state index in [4.69, 9.17) is 4.74 Å². The predicted molar refractivity (Wildman–Crippen MR) is 172 cm³/mol. The molecule has 1 aliphatic carbocycles. The van der Waals surface area contributed by atoms with E-state index in [1.807, 2.05) is 43.5 Å². The van der Waals surface area contributed by atoms with Crippen molar-refractivity contribution in [3.05, 3.63) is 105 Å². The zero-order chi connectivity index (χ0) is 31.1. The van der Waals surface area contributed by atoms with Gasteiger partial charge in [0.15, 0.2) is 0 Å². The van der Waals surface area contributed by atoms with E-state index in [1.165, 1.54) is 4.88 Å². The summed E-state index contributed by atoms with van der Waals surface area (Å²) >= 11 is 1.60. The molecule has 2 aromatic carbocycles. The molecule has 6 rings (SSSR count). The number of urea groups is 1. The quantitative estimate of drug-likeness (QED) is 0.133. The summed E-state index contributed by atoms with van der Waals surface area (Å²) in [7, 11) is 0. The summed E-state index contributed by atoms with van der Waals surface area (Å²) in [6.07, 6.45) is 5.41. The Morgan fingerprint density at radius 2 is 1.52 bits per heavy atom. The van der Waals surface area contributed by atoms with Crippen molar-refractivity contribution in [1.82, 2.24) is 4.57 Å². The van der Waals surface area contributed by atoms with E-state index < -0.39 is 17.8 Å². The third kappa shape index (κ3) is 4.97. The van der Waals surface area contributed by atoms with Crippen molar-refractivity contribution in [2.24, 2.45) is 0 Å². The van der Waals surface area contributed by atoms with Gasteiger partial charge >= 0.3 is 12.0 Å². The normalized spacial score (nSPS) is 16.1. The number of amides is 4. The number of barbiturate groups is 1. The molecule has 0 unspecified atom stereocenters. The van der Waals surface area contributed by atoms with E-state index >= 15 is 0 Å². The number of carbonyl (C=O) groups is 4. The Hall–Kier alpha value is -4.76. The lowest BCUT2D eigenvalue weighted by Gasteiger charge is -2.34. The van der Waals surface area contributed by atoms with Gasteiger partial charge in [-0.3, -0.25) is 9.59 Å². The number of hydrogen-bond acceptors (Lipinski definition) is 6. The second-order valence-electron chi connectivity index (χ2n) is 11.1. The molecule has 4 aromatic rings. The SMILES string of the molecule is CCOC(=O)c1c(-n2c(C)cc(/C=C3\C(=O)N(c4ccccc4)C(=O)N(c4ccc(C)cc4)C3=O)c2C)sc2c1CCCC2. The van der Waals surface area contributed by atoms with E-state index in [1.54, 1.807) is 66.8 Å². The minimum Gasteiger partial charge on any atom is -0.462 e. The van der Waals surface area contributed by atoms with Crippen LogP contribution >= 0.6 is 11.3 Å². The largest absolute Gasteiger partial charge is 0.462 e. The van der Waals surface area contributed by atoms with Crippen molar-refractivity contribution in [2.45, 2.75) is 53.4 Å². The number of nitrogens with zero attached hydrogens (tertiary/aromatic N) is 3. The Bertz CT molecular complexity index is 1830. The molecule has 1 saturated heterocycles. The van der Waals surface area contributed by atoms with Gasteiger partial charge in [-0.1, -0.05) is 35.9 Å². The summed E-state index contributed by atoms with van der Waals surface area (Å²) in [6.45, 7) is 7.84. The maximum Gasteiger partial charge on any atom is 0.343 e. The second-order valence-corrected chi connectivity index (χ2v) is 12.1. The van der Waals surface area contributed by atoms with E-state index in [2.05, 4.69) is 0 Å². The fraction of sp³-hybridized carbons (Fsp3) is 0.257. The van der Waals surface area contributed by atoms with Crippen LogP contribution in [0.1, 0.15) is 63.1 Å². The van der Waals surface area contributed by atoms with Crippen LogP contribution in [0.15, 0.2) is 66.2 Å². The molecule has 0 atom stereocenters. The van der Waals surface area contributed by atoms with Crippen molar-refractivity contribution in [1.29, 1.82) is 0 Å². The maximum absolute atomic E-state index is 14.0. The number of fused-ring (bicyclic) bond motifs is 1. The van der Waals surface area contributed by atoms with E-state index in [9.17, 15) is 19.2 Å². The average Bonchev–Trinajstić information content (AvgIpc) is 3.52. The molecule has 44 heavy (non-hydrogen) atoms. The summed E-state index contributed by atoms with van der Waals surface area (Å²) in [5, 5.41) is 0.790. The van der Waals surface area contributed by atoms with Gasteiger partial charge in [0, 0.05) is 16.3 Å². The van der Waals surface area contributed by atoms with Crippen molar-refractivity contribution in [3.63, 3.8) is 0 Å². The Morgan fingerprint density at radius 1 is 0.886 bits per heavy atom.